The summed E-state index contributed by atoms with van der Waals surface area (Å²) in [6.45, 7) is 9.53. The van der Waals surface area contributed by atoms with E-state index < -0.39 is 0 Å². The second kappa shape index (κ2) is 8.01. The lowest BCUT2D eigenvalue weighted by atomic mass is 10.4. The van der Waals surface area contributed by atoms with Crippen molar-refractivity contribution >= 4 is 0 Å². The fourth-order valence-electron chi connectivity index (χ4n) is 1.92. The van der Waals surface area contributed by atoms with Gasteiger partial charge < -0.3 is 20.0 Å². The molecule has 16 heavy (non-hydrogen) atoms. The number of nitrogens with zero attached hydrogens (tertiary/aromatic N) is 3. The summed E-state index contributed by atoms with van der Waals surface area (Å²) in [5.41, 5.74) is 0. The van der Waals surface area contributed by atoms with E-state index in [1.807, 2.05) is 0 Å². The van der Waals surface area contributed by atoms with E-state index in [0.717, 1.165) is 13.1 Å². The fourth-order valence-corrected chi connectivity index (χ4v) is 1.92. The van der Waals surface area contributed by atoms with Crippen LogP contribution >= 0.6 is 0 Å². The molecule has 1 fully saturated rings. The Morgan fingerprint density at radius 1 is 1.00 bits per heavy atom. The van der Waals surface area contributed by atoms with Crippen LogP contribution < -0.4 is 5.32 Å². The molecule has 1 heterocycles. The molecule has 1 aliphatic heterocycles. The number of rotatable bonds is 6. The minimum absolute atomic E-state index is 1.15. The Hall–Kier alpha value is -0.160. The highest BCUT2D eigenvalue weighted by molar-refractivity contribution is 4.67. The standard InChI is InChI=1S/C12H28N4/c1-14(2)9-10-15(3)11-12-16-7-4-5-13-6-8-16/h13H,4-12H2,1-3H3. The van der Waals surface area contributed by atoms with Crippen LogP contribution in [0.25, 0.3) is 0 Å². The summed E-state index contributed by atoms with van der Waals surface area (Å²) in [5.74, 6) is 0. The molecular formula is C12H28N4. The van der Waals surface area contributed by atoms with Crippen molar-refractivity contribution in [3.63, 3.8) is 0 Å². The van der Waals surface area contributed by atoms with Crippen molar-refractivity contribution in [2.24, 2.45) is 0 Å². The van der Waals surface area contributed by atoms with Gasteiger partial charge in [-0.05, 0) is 40.7 Å². The van der Waals surface area contributed by atoms with Crippen molar-refractivity contribution in [2.75, 3.05) is 73.5 Å². The predicted molar refractivity (Wildman–Crippen MR) is 70.0 cm³/mol. The van der Waals surface area contributed by atoms with Crippen LogP contribution in [0, 0.1) is 0 Å². The second-order valence-electron chi connectivity index (χ2n) is 5.05. The Balaban J connectivity index is 2.07. The van der Waals surface area contributed by atoms with E-state index in [0.29, 0.717) is 0 Å². The Morgan fingerprint density at radius 3 is 2.56 bits per heavy atom. The first-order chi connectivity index (χ1) is 7.68. The molecule has 0 aromatic rings. The molecule has 0 unspecified atom stereocenters. The van der Waals surface area contributed by atoms with Crippen LogP contribution in [0.3, 0.4) is 0 Å². The monoisotopic (exact) mass is 228 g/mol. The largest absolute Gasteiger partial charge is 0.315 e. The third-order valence-corrected chi connectivity index (χ3v) is 3.16. The number of likely N-dealkylation sites (N-methyl/N-ethyl adjacent to an activating group) is 2. The molecule has 4 nitrogen and oxygen atoms in total. The summed E-state index contributed by atoms with van der Waals surface area (Å²) in [7, 11) is 6.49. The topological polar surface area (TPSA) is 21.8 Å². The van der Waals surface area contributed by atoms with Gasteiger partial charge in [0.15, 0.2) is 0 Å². The molecule has 0 radical (unpaired) electrons. The lowest BCUT2D eigenvalue weighted by Gasteiger charge is -2.24. The van der Waals surface area contributed by atoms with Gasteiger partial charge in [0.2, 0.25) is 0 Å². The van der Waals surface area contributed by atoms with Crippen LogP contribution in [-0.4, -0.2) is 88.2 Å². The van der Waals surface area contributed by atoms with Crippen LogP contribution in [0.15, 0.2) is 0 Å². The Labute approximate surface area is 101 Å². The van der Waals surface area contributed by atoms with Gasteiger partial charge in [0.05, 0.1) is 0 Å². The van der Waals surface area contributed by atoms with Gasteiger partial charge in [-0.25, -0.2) is 0 Å². The zero-order valence-corrected chi connectivity index (χ0v) is 11.2. The van der Waals surface area contributed by atoms with Gasteiger partial charge in [0, 0.05) is 39.3 Å². The number of nitrogens with one attached hydrogen (secondary N) is 1. The molecule has 0 aromatic carbocycles. The van der Waals surface area contributed by atoms with Crippen molar-refractivity contribution in [3.8, 4) is 0 Å². The molecule has 96 valence electrons. The maximum Gasteiger partial charge on any atom is 0.0110 e. The van der Waals surface area contributed by atoms with Crippen molar-refractivity contribution in [1.82, 2.24) is 20.0 Å². The Bertz CT molecular complexity index is 164. The van der Waals surface area contributed by atoms with Crippen molar-refractivity contribution in [3.05, 3.63) is 0 Å². The smallest absolute Gasteiger partial charge is 0.0110 e. The van der Waals surface area contributed by atoms with Gasteiger partial charge in [0.1, 0.15) is 0 Å². The van der Waals surface area contributed by atoms with Crippen molar-refractivity contribution in [2.45, 2.75) is 6.42 Å². The van der Waals surface area contributed by atoms with Gasteiger partial charge in [0.25, 0.3) is 0 Å². The van der Waals surface area contributed by atoms with Gasteiger partial charge >= 0.3 is 0 Å². The summed E-state index contributed by atoms with van der Waals surface area (Å²) < 4.78 is 0. The highest BCUT2D eigenvalue weighted by atomic mass is 15.2. The normalized spacial score (nSPS) is 19.3. The lowest BCUT2D eigenvalue weighted by Crippen LogP contribution is -2.37. The first-order valence-electron chi connectivity index (χ1n) is 6.45. The van der Waals surface area contributed by atoms with E-state index in [2.05, 4.69) is 41.2 Å². The van der Waals surface area contributed by atoms with E-state index in [-0.39, 0.29) is 0 Å². The molecule has 0 aliphatic carbocycles. The summed E-state index contributed by atoms with van der Waals surface area (Å²) in [5, 5.41) is 3.44. The fraction of sp³-hybridized carbons (Fsp3) is 1.00. The summed E-state index contributed by atoms with van der Waals surface area (Å²) >= 11 is 0. The summed E-state index contributed by atoms with van der Waals surface area (Å²) in [6.07, 6.45) is 1.29. The molecule has 0 aromatic heterocycles. The van der Waals surface area contributed by atoms with Crippen molar-refractivity contribution < 1.29 is 0 Å². The first-order valence-corrected chi connectivity index (χ1v) is 6.45. The SMILES string of the molecule is CN(C)CCN(C)CCN1CCCNCC1. The quantitative estimate of drug-likeness (QED) is 0.678. The van der Waals surface area contributed by atoms with Gasteiger partial charge in [-0.1, -0.05) is 0 Å². The average molecular weight is 228 g/mol. The molecule has 0 spiro atoms. The number of hydrogen-bond donors (Lipinski definition) is 1. The predicted octanol–water partition coefficient (Wildman–Crippen LogP) is -0.225. The third-order valence-electron chi connectivity index (χ3n) is 3.16. The molecule has 0 saturated carbocycles. The van der Waals surface area contributed by atoms with Crippen LogP contribution in [0.2, 0.25) is 0 Å². The van der Waals surface area contributed by atoms with E-state index in [1.54, 1.807) is 0 Å². The van der Waals surface area contributed by atoms with Crippen LogP contribution in [0.1, 0.15) is 6.42 Å². The zero-order chi connectivity index (χ0) is 11.8. The molecule has 0 atom stereocenters. The summed E-state index contributed by atoms with van der Waals surface area (Å²) in [6, 6.07) is 0. The highest BCUT2D eigenvalue weighted by Gasteiger charge is 2.08. The van der Waals surface area contributed by atoms with Crippen molar-refractivity contribution in [1.29, 1.82) is 0 Å². The molecule has 1 aliphatic rings. The summed E-state index contributed by atoms with van der Waals surface area (Å²) in [4.78, 5) is 7.25. The van der Waals surface area contributed by atoms with E-state index in [1.165, 1.54) is 45.7 Å². The lowest BCUT2D eigenvalue weighted by molar-refractivity contribution is 0.222. The molecule has 1 rings (SSSR count). The van der Waals surface area contributed by atoms with Gasteiger partial charge in [-0.2, -0.15) is 0 Å². The van der Waals surface area contributed by atoms with Gasteiger partial charge in [-0.3, -0.25) is 0 Å². The Morgan fingerprint density at radius 2 is 1.81 bits per heavy atom. The molecule has 1 saturated heterocycles. The second-order valence-corrected chi connectivity index (χ2v) is 5.05. The molecule has 1 N–H and O–H groups in total. The maximum atomic E-state index is 3.44. The molecular weight excluding hydrogens is 200 g/mol. The highest BCUT2D eigenvalue weighted by Crippen LogP contribution is 1.95. The average Bonchev–Trinajstić information content (AvgIpc) is 2.51. The minimum atomic E-state index is 1.15. The minimum Gasteiger partial charge on any atom is -0.315 e. The van der Waals surface area contributed by atoms with Crippen LogP contribution in [0.5, 0.6) is 0 Å². The maximum absolute atomic E-state index is 3.44. The van der Waals surface area contributed by atoms with E-state index >= 15 is 0 Å². The van der Waals surface area contributed by atoms with Crippen LogP contribution in [-0.2, 0) is 0 Å². The van der Waals surface area contributed by atoms with Crippen LogP contribution in [0.4, 0.5) is 0 Å². The zero-order valence-electron chi connectivity index (χ0n) is 11.2. The number of hydrogen-bond acceptors (Lipinski definition) is 4. The van der Waals surface area contributed by atoms with Gasteiger partial charge in [-0.15, -0.1) is 0 Å². The molecule has 4 heteroatoms. The van der Waals surface area contributed by atoms with E-state index in [9.17, 15) is 0 Å². The first kappa shape index (κ1) is 13.9. The van der Waals surface area contributed by atoms with E-state index in [4.69, 9.17) is 0 Å². The molecule has 0 amide bonds. The molecule has 0 bridgehead atoms. The Kier molecular flexibility index (Phi) is 6.96. The third kappa shape index (κ3) is 6.43.